The molecule has 2 rings (SSSR count). The molecule has 0 aliphatic carbocycles. The zero-order valence-electron chi connectivity index (χ0n) is 10.6. The van der Waals surface area contributed by atoms with Gasteiger partial charge in [-0.25, -0.2) is 8.78 Å². The minimum Gasteiger partial charge on any atom is -0.489 e. The van der Waals surface area contributed by atoms with E-state index in [1.54, 1.807) is 0 Å². The van der Waals surface area contributed by atoms with Gasteiger partial charge >= 0.3 is 0 Å². The Morgan fingerprint density at radius 1 is 1.05 bits per heavy atom. The van der Waals surface area contributed by atoms with Gasteiger partial charge in [0.2, 0.25) is 0 Å². The average molecular weight is 263 g/mol. The molecule has 0 saturated heterocycles. The third-order valence-electron chi connectivity index (χ3n) is 2.87. The summed E-state index contributed by atoms with van der Waals surface area (Å²) >= 11 is 0. The Kier molecular flexibility index (Phi) is 4.12. The van der Waals surface area contributed by atoms with E-state index in [0.717, 1.165) is 34.9 Å². The Hall–Kier alpha value is -1.94. The maximum atomic E-state index is 13.0. The molecular formula is C15H15F2NO. The molecule has 2 nitrogen and oxygen atoms in total. The molecular weight excluding hydrogens is 248 g/mol. The van der Waals surface area contributed by atoms with Crippen molar-refractivity contribution < 1.29 is 13.5 Å². The van der Waals surface area contributed by atoms with Crippen molar-refractivity contribution in [2.75, 3.05) is 0 Å². The van der Waals surface area contributed by atoms with E-state index in [-0.39, 0.29) is 12.4 Å². The molecule has 0 atom stereocenters. The Morgan fingerprint density at radius 2 is 1.74 bits per heavy atom. The lowest BCUT2D eigenvalue weighted by atomic mass is 10.1. The van der Waals surface area contributed by atoms with Crippen LogP contribution in [-0.2, 0) is 13.2 Å². The largest absolute Gasteiger partial charge is 0.489 e. The van der Waals surface area contributed by atoms with E-state index in [9.17, 15) is 8.78 Å². The Bertz CT molecular complexity index is 564. The monoisotopic (exact) mass is 263 g/mol. The number of benzene rings is 2. The Balaban J connectivity index is 2.10. The number of hydrogen-bond donors (Lipinski definition) is 1. The first kappa shape index (κ1) is 13.5. The van der Waals surface area contributed by atoms with Gasteiger partial charge in [-0.2, -0.15) is 0 Å². The van der Waals surface area contributed by atoms with Crippen LogP contribution in [0.2, 0.25) is 0 Å². The number of halogens is 2. The molecule has 2 aromatic carbocycles. The van der Waals surface area contributed by atoms with Crippen LogP contribution in [-0.4, -0.2) is 0 Å². The Labute approximate surface area is 110 Å². The summed E-state index contributed by atoms with van der Waals surface area (Å²) in [6.45, 7) is 2.70. The summed E-state index contributed by atoms with van der Waals surface area (Å²) in [4.78, 5) is 0. The van der Waals surface area contributed by atoms with Crippen LogP contribution in [0.5, 0.6) is 5.75 Å². The van der Waals surface area contributed by atoms with E-state index in [1.807, 2.05) is 25.1 Å². The van der Waals surface area contributed by atoms with Crippen molar-refractivity contribution in [2.45, 2.75) is 20.1 Å². The number of nitrogens with two attached hydrogens (primary N) is 1. The molecule has 0 spiro atoms. The van der Waals surface area contributed by atoms with Gasteiger partial charge in [-0.3, -0.25) is 0 Å². The van der Waals surface area contributed by atoms with E-state index >= 15 is 0 Å². The summed E-state index contributed by atoms with van der Waals surface area (Å²) in [5, 5.41) is 0. The van der Waals surface area contributed by atoms with Crippen LogP contribution in [0.3, 0.4) is 0 Å². The summed E-state index contributed by atoms with van der Waals surface area (Å²) in [5.41, 5.74) is 8.59. The summed E-state index contributed by atoms with van der Waals surface area (Å²) in [6, 6.07) is 8.93. The van der Waals surface area contributed by atoms with Crippen LogP contribution in [0.15, 0.2) is 36.4 Å². The molecule has 0 fully saturated rings. The van der Waals surface area contributed by atoms with E-state index < -0.39 is 11.6 Å². The first-order valence-electron chi connectivity index (χ1n) is 5.96. The maximum Gasteiger partial charge on any atom is 0.129 e. The van der Waals surface area contributed by atoms with Crippen molar-refractivity contribution >= 4 is 0 Å². The van der Waals surface area contributed by atoms with Gasteiger partial charge in [0.25, 0.3) is 0 Å². The number of ether oxygens (including phenoxy) is 1. The molecule has 0 heterocycles. The summed E-state index contributed by atoms with van der Waals surface area (Å²) in [5.74, 6) is -1.12. The van der Waals surface area contributed by atoms with Crippen LogP contribution in [0, 0.1) is 18.6 Å². The van der Waals surface area contributed by atoms with Gasteiger partial charge in [0.1, 0.15) is 24.0 Å². The highest BCUT2D eigenvalue weighted by molar-refractivity contribution is 5.31. The SMILES string of the molecule is Cc1cc(CN)ccc1COc1cc(F)cc(F)c1. The molecule has 2 N–H and O–H groups in total. The van der Waals surface area contributed by atoms with Crippen molar-refractivity contribution in [3.8, 4) is 5.75 Å². The molecule has 100 valence electrons. The number of hydrogen-bond acceptors (Lipinski definition) is 2. The maximum absolute atomic E-state index is 13.0. The first-order valence-corrected chi connectivity index (χ1v) is 5.96. The normalized spacial score (nSPS) is 10.5. The van der Waals surface area contributed by atoms with E-state index in [1.165, 1.54) is 0 Å². The highest BCUT2D eigenvalue weighted by atomic mass is 19.1. The number of rotatable bonds is 4. The quantitative estimate of drug-likeness (QED) is 0.918. The lowest BCUT2D eigenvalue weighted by Gasteiger charge is -2.10. The molecule has 19 heavy (non-hydrogen) atoms. The van der Waals surface area contributed by atoms with Gasteiger partial charge < -0.3 is 10.5 Å². The van der Waals surface area contributed by atoms with Crippen LogP contribution in [0.25, 0.3) is 0 Å². The van der Waals surface area contributed by atoms with Crippen molar-refractivity contribution in [3.05, 3.63) is 64.7 Å². The molecule has 0 unspecified atom stereocenters. The van der Waals surface area contributed by atoms with Gasteiger partial charge in [-0.1, -0.05) is 18.2 Å². The smallest absolute Gasteiger partial charge is 0.129 e. The van der Waals surface area contributed by atoms with Gasteiger partial charge in [-0.05, 0) is 23.6 Å². The molecule has 0 radical (unpaired) electrons. The molecule has 0 bridgehead atoms. The summed E-state index contributed by atoms with van der Waals surface area (Å²) in [6.07, 6.45) is 0. The highest BCUT2D eigenvalue weighted by Crippen LogP contribution is 2.18. The van der Waals surface area contributed by atoms with Crippen LogP contribution in [0.1, 0.15) is 16.7 Å². The second-order valence-electron chi connectivity index (χ2n) is 4.36. The molecule has 0 saturated carbocycles. The zero-order valence-corrected chi connectivity index (χ0v) is 10.6. The second-order valence-corrected chi connectivity index (χ2v) is 4.36. The third kappa shape index (κ3) is 3.51. The molecule has 0 amide bonds. The van der Waals surface area contributed by atoms with E-state index in [2.05, 4.69) is 0 Å². The fourth-order valence-corrected chi connectivity index (χ4v) is 1.82. The molecule has 4 heteroatoms. The predicted octanol–water partition coefficient (Wildman–Crippen LogP) is 3.31. The molecule has 0 aromatic heterocycles. The van der Waals surface area contributed by atoms with Crippen LogP contribution in [0.4, 0.5) is 8.78 Å². The molecule has 2 aromatic rings. The molecule has 0 aliphatic heterocycles. The molecule has 0 aliphatic rings. The average Bonchev–Trinajstić information content (AvgIpc) is 2.36. The lowest BCUT2D eigenvalue weighted by Crippen LogP contribution is -2.01. The van der Waals surface area contributed by atoms with Crippen molar-refractivity contribution in [3.63, 3.8) is 0 Å². The predicted molar refractivity (Wildman–Crippen MR) is 69.8 cm³/mol. The van der Waals surface area contributed by atoms with Gasteiger partial charge in [-0.15, -0.1) is 0 Å². The third-order valence-corrected chi connectivity index (χ3v) is 2.87. The lowest BCUT2D eigenvalue weighted by molar-refractivity contribution is 0.302. The second kappa shape index (κ2) is 5.80. The van der Waals surface area contributed by atoms with Gasteiger partial charge in [0, 0.05) is 24.7 Å². The van der Waals surface area contributed by atoms with Crippen molar-refractivity contribution in [1.82, 2.24) is 0 Å². The van der Waals surface area contributed by atoms with Gasteiger partial charge in [0.15, 0.2) is 0 Å². The van der Waals surface area contributed by atoms with Crippen LogP contribution < -0.4 is 10.5 Å². The van der Waals surface area contributed by atoms with Crippen molar-refractivity contribution in [2.24, 2.45) is 5.73 Å². The topological polar surface area (TPSA) is 35.2 Å². The Morgan fingerprint density at radius 3 is 2.32 bits per heavy atom. The van der Waals surface area contributed by atoms with Crippen LogP contribution >= 0.6 is 0 Å². The zero-order chi connectivity index (χ0) is 13.8. The number of aryl methyl sites for hydroxylation is 1. The fourth-order valence-electron chi connectivity index (χ4n) is 1.82. The van der Waals surface area contributed by atoms with E-state index in [4.69, 9.17) is 10.5 Å². The first-order chi connectivity index (χ1) is 9.08. The van der Waals surface area contributed by atoms with Crippen molar-refractivity contribution in [1.29, 1.82) is 0 Å². The minimum absolute atomic E-state index is 0.180. The van der Waals surface area contributed by atoms with E-state index in [0.29, 0.717) is 6.54 Å². The summed E-state index contributed by atoms with van der Waals surface area (Å²) < 4.78 is 31.4. The van der Waals surface area contributed by atoms with Gasteiger partial charge in [0.05, 0.1) is 0 Å². The standard InChI is InChI=1S/C15H15F2NO/c1-10-4-11(8-18)2-3-12(10)9-19-15-6-13(16)5-14(17)7-15/h2-7H,8-9,18H2,1H3. The minimum atomic E-state index is -0.648. The highest BCUT2D eigenvalue weighted by Gasteiger charge is 2.04. The summed E-state index contributed by atoms with van der Waals surface area (Å²) in [7, 11) is 0. The fraction of sp³-hybridized carbons (Fsp3) is 0.200.